The molecule has 4 aromatic rings. The molecule has 0 saturated carbocycles. The highest BCUT2D eigenvalue weighted by Gasteiger charge is 2.24. The molecule has 0 unspecified atom stereocenters. The van der Waals surface area contributed by atoms with Crippen LogP contribution in [0.5, 0.6) is 0 Å². The van der Waals surface area contributed by atoms with Gasteiger partial charge in [-0.3, -0.25) is 13.9 Å². The monoisotopic (exact) mass is 415 g/mol. The van der Waals surface area contributed by atoms with E-state index in [0.29, 0.717) is 11.4 Å². The summed E-state index contributed by atoms with van der Waals surface area (Å²) in [5, 5.41) is 3.00. The number of nitrogens with zero attached hydrogens (tertiary/aromatic N) is 4. The highest BCUT2D eigenvalue weighted by molar-refractivity contribution is 6.05. The zero-order valence-electron chi connectivity index (χ0n) is 17.8. The van der Waals surface area contributed by atoms with Crippen molar-refractivity contribution in [3.05, 3.63) is 70.4 Å². The number of hydrogen-bond donors (Lipinski definition) is 1. The van der Waals surface area contributed by atoms with E-state index in [9.17, 15) is 9.59 Å². The Morgan fingerprint density at radius 3 is 2.55 bits per heavy atom. The molecular formula is C24H25N5O2. The van der Waals surface area contributed by atoms with Gasteiger partial charge in [0, 0.05) is 31.9 Å². The normalized spacial score (nSPS) is 13.7. The first-order chi connectivity index (χ1) is 15.0. The summed E-state index contributed by atoms with van der Waals surface area (Å²) < 4.78 is 5.39. The van der Waals surface area contributed by atoms with Gasteiger partial charge in [0.15, 0.2) is 0 Å². The first kappa shape index (κ1) is 19.4. The second-order valence-corrected chi connectivity index (χ2v) is 8.12. The molecule has 2 aromatic heterocycles. The van der Waals surface area contributed by atoms with Crippen LogP contribution in [0.3, 0.4) is 0 Å². The lowest BCUT2D eigenvalue weighted by Gasteiger charge is -2.09. The van der Waals surface area contributed by atoms with Crippen molar-refractivity contribution in [2.75, 3.05) is 5.32 Å². The maximum absolute atomic E-state index is 13.3. The van der Waals surface area contributed by atoms with Crippen LogP contribution in [0.4, 0.5) is 5.69 Å². The number of fused-ring (bicyclic) bond motifs is 2. The van der Waals surface area contributed by atoms with Crippen LogP contribution in [0.1, 0.15) is 35.4 Å². The fourth-order valence-electron chi connectivity index (χ4n) is 4.48. The maximum Gasteiger partial charge on any atom is 0.328 e. The SMILES string of the molecule is Cn1c(=O)n(C)c2cc(NC(=O)c3nc(-c4ccccc4)n4c3CCCCC4)ccc21. The van der Waals surface area contributed by atoms with Gasteiger partial charge in [0.1, 0.15) is 11.5 Å². The van der Waals surface area contributed by atoms with E-state index in [1.807, 2.05) is 48.5 Å². The molecule has 1 aliphatic rings. The number of carbonyl (C=O) groups excluding carboxylic acids is 1. The molecule has 7 nitrogen and oxygen atoms in total. The van der Waals surface area contributed by atoms with Crippen molar-refractivity contribution in [3.63, 3.8) is 0 Å². The third kappa shape index (κ3) is 3.26. The standard InChI is InChI=1S/C24H25N5O2/c1-27-18-13-12-17(15-20(18)28(2)24(27)31)25-23(30)21-19-11-7-4-8-14-29(19)22(26-21)16-9-5-3-6-10-16/h3,5-6,9-10,12-13,15H,4,7-8,11,14H2,1-2H3,(H,25,30). The fourth-order valence-corrected chi connectivity index (χ4v) is 4.48. The molecule has 5 rings (SSSR count). The van der Waals surface area contributed by atoms with Crippen LogP contribution >= 0.6 is 0 Å². The van der Waals surface area contributed by atoms with E-state index < -0.39 is 0 Å². The van der Waals surface area contributed by atoms with Gasteiger partial charge in [-0.2, -0.15) is 0 Å². The molecule has 1 aliphatic heterocycles. The van der Waals surface area contributed by atoms with Gasteiger partial charge < -0.3 is 9.88 Å². The molecule has 1 amide bonds. The number of amides is 1. The molecule has 7 heteroatoms. The van der Waals surface area contributed by atoms with Crippen molar-refractivity contribution in [2.45, 2.75) is 32.2 Å². The average Bonchev–Trinajstić information content (AvgIpc) is 3.12. The third-order valence-electron chi connectivity index (χ3n) is 6.14. The quantitative estimate of drug-likeness (QED) is 0.554. The molecule has 0 atom stereocenters. The summed E-state index contributed by atoms with van der Waals surface area (Å²) in [6, 6.07) is 15.6. The Hall–Kier alpha value is -3.61. The second-order valence-electron chi connectivity index (χ2n) is 8.12. The number of aryl methyl sites for hydroxylation is 2. The van der Waals surface area contributed by atoms with Crippen molar-refractivity contribution in [1.82, 2.24) is 18.7 Å². The number of carbonyl (C=O) groups is 1. The Morgan fingerprint density at radius 2 is 1.74 bits per heavy atom. The minimum Gasteiger partial charge on any atom is -0.327 e. The summed E-state index contributed by atoms with van der Waals surface area (Å²) >= 11 is 0. The topological polar surface area (TPSA) is 73.8 Å². The first-order valence-electron chi connectivity index (χ1n) is 10.7. The second kappa shape index (κ2) is 7.58. The van der Waals surface area contributed by atoms with Gasteiger partial charge in [0.05, 0.1) is 16.7 Å². The summed E-state index contributed by atoms with van der Waals surface area (Å²) in [7, 11) is 3.48. The van der Waals surface area contributed by atoms with E-state index >= 15 is 0 Å². The van der Waals surface area contributed by atoms with Crippen molar-refractivity contribution >= 4 is 22.6 Å². The van der Waals surface area contributed by atoms with E-state index in [2.05, 4.69) is 9.88 Å². The summed E-state index contributed by atoms with van der Waals surface area (Å²) in [5.74, 6) is 0.636. The highest BCUT2D eigenvalue weighted by Crippen LogP contribution is 2.28. The number of benzene rings is 2. The molecule has 0 bridgehead atoms. The van der Waals surface area contributed by atoms with Crippen LogP contribution < -0.4 is 11.0 Å². The van der Waals surface area contributed by atoms with Gasteiger partial charge in [-0.05, 0) is 37.5 Å². The van der Waals surface area contributed by atoms with Gasteiger partial charge in [-0.15, -0.1) is 0 Å². The van der Waals surface area contributed by atoms with Crippen molar-refractivity contribution in [1.29, 1.82) is 0 Å². The molecule has 31 heavy (non-hydrogen) atoms. The number of rotatable bonds is 3. The minimum atomic E-state index is -0.215. The number of nitrogens with one attached hydrogen (secondary N) is 1. The summed E-state index contributed by atoms with van der Waals surface area (Å²) in [4.78, 5) is 30.3. The maximum atomic E-state index is 13.3. The molecule has 2 aromatic carbocycles. The molecular weight excluding hydrogens is 390 g/mol. The fraction of sp³-hybridized carbons (Fsp3) is 0.292. The molecule has 1 N–H and O–H groups in total. The van der Waals surface area contributed by atoms with E-state index in [-0.39, 0.29) is 11.6 Å². The Bertz CT molecular complexity index is 1340. The van der Waals surface area contributed by atoms with Crippen molar-refractivity contribution in [2.24, 2.45) is 14.1 Å². The Morgan fingerprint density at radius 1 is 0.968 bits per heavy atom. The zero-order chi connectivity index (χ0) is 21.5. The first-order valence-corrected chi connectivity index (χ1v) is 10.7. The molecule has 0 aliphatic carbocycles. The van der Waals surface area contributed by atoms with E-state index in [4.69, 9.17) is 4.98 Å². The van der Waals surface area contributed by atoms with Gasteiger partial charge in [-0.25, -0.2) is 9.78 Å². The minimum absolute atomic E-state index is 0.0922. The van der Waals surface area contributed by atoms with Crippen LogP contribution in [0.2, 0.25) is 0 Å². The summed E-state index contributed by atoms with van der Waals surface area (Å²) in [6.07, 6.45) is 4.13. The van der Waals surface area contributed by atoms with E-state index in [1.54, 1.807) is 23.2 Å². The van der Waals surface area contributed by atoms with Gasteiger partial charge in [0.2, 0.25) is 0 Å². The van der Waals surface area contributed by atoms with Crippen LogP contribution in [0, 0.1) is 0 Å². The number of aromatic nitrogens is 4. The lowest BCUT2D eigenvalue weighted by atomic mass is 10.1. The van der Waals surface area contributed by atoms with E-state index in [0.717, 1.165) is 60.3 Å². The molecule has 0 radical (unpaired) electrons. The molecule has 0 saturated heterocycles. The molecule has 3 heterocycles. The Balaban J connectivity index is 1.54. The number of anilines is 1. The summed E-state index contributed by atoms with van der Waals surface area (Å²) in [6.45, 7) is 0.873. The smallest absolute Gasteiger partial charge is 0.327 e. The number of hydrogen-bond acceptors (Lipinski definition) is 3. The van der Waals surface area contributed by atoms with Crippen LogP contribution in [-0.2, 0) is 27.1 Å². The van der Waals surface area contributed by atoms with Crippen LogP contribution in [0.15, 0.2) is 53.3 Å². The van der Waals surface area contributed by atoms with Crippen LogP contribution in [-0.4, -0.2) is 24.6 Å². The largest absolute Gasteiger partial charge is 0.328 e. The van der Waals surface area contributed by atoms with Crippen molar-refractivity contribution in [3.8, 4) is 11.4 Å². The average molecular weight is 415 g/mol. The lowest BCUT2D eigenvalue weighted by molar-refractivity contribution is 0.102. The predicted octanol–water partition coefficient (Wildman–Crippen LogP) is 3.72. The van der Waals surface area contributed by atoms with Gasteiger partial charge in [0.25, 0.3) is 5.91 Å². The summed E-state index contributed by atoms with van der Waals surface area (Å²) in [5.41, 5.74) is 4.67. The molecule has 0 fully saturated rings. The van der Waals surface area contributed by atoms with Gasteiger partial charge >= 0.3 is 5.69 Å². The van der Waals surface area contributed by atoms with E-state index in [1.165, 1.54) is 0 Å². The number of imidazole rings is 2. The Kier molecular flexibility index (Phi) is 4.73. The zero-order valence-corrected chi connectivity index (χ0v) is 17.8. The van der Waals surface area contributed by atoms with Crippen molar-refractivity contribution < 1.29 is 4.79 Å². The predicted molar refractivity (Wildman–Crippen MR) is 121 cm³/mol. The molecule has 0 spiro atoms. The molecule has 158 valence electrons. The van der Waals surface area contributed by atoms with Crippen LogP contribution in [0.25, 0.3) is 22.4 Å². The van der Waals surface area contributed by atoms with Gasteiger partial charge in [-0.1, -0.05) is 36.8 Å². The third-order valence-corrected chi connectivity index (χ3v) is 6.14. The highest BCUT2D eigenvalue weighted by atomic mass is 16.2. The lowest BCUT2D eigenvalue weighted by Crippen LogP contribution is -2.19. The Labute approximate surface area is 180 Å².